The number of methoxy groups -OCH3 is 1. The van der Waals surface area contributed by atoms with Crippen molar-refractivity contribution in [3.8, 4) is 0 Å². The number of ether oxygens (including phenoxy) is 1. The van der Waals surface area contributed by atoms with Gasteiger partial charge >= 0.3 is 0 Å². The van der Waals surface area contributed by atoms with Gasteiger partial charge in [0.05, 0.1) is 25.4 Å². The predicted molar refractivity (Wildman–Crippen MR) is 70.2 cm³/mol. The van der Waals surface area contributed by atoms with Crippen LogP contribution in [0.15, 0.2) is 24.4 Å². The molecule has 0 spiro atoms. The molecule has 0 atom stereocenters. The molecule has 1 aromatic heterocycles. The van der Waals surface area contributed by atoms with Gasteiger partial charge in [-0.1, -0.05) is 6.07 Å². The summed E-state index contributed by atoms with van der Waals surface area (Å²) in [6.45, 7) is 2.64. The Balaban J connectivity index is 2.38. The van der Waals surface area contributed by atoms with Crippen molar-refractivity contribution < 1.29 is 14.3 Å². The smallest absolute Gasteiger partial charge is 0.239 e. The Morgan fingerprint density at radius 2 is 2.21 bits per heavy atom. The van der Waals surface area contributed by atoms with Crippen molar-refractivity contribution in [2.24, 2.45) is 0 Å². The number of nitrogens with zero attached hydrogens (tertiary/aromatic N) is 2. The fourth-order valence-corrected chi connectivity index (χ4v) is 1.47. The Kier molecular flexibility index (Phi) is 6.52. The van der Waals surface area contributed by atoms with Gasteiger partial charge < -0.3 is 15.0 Å². The molecule has 0 aliphatic carbocycles. The van der Waals surface area contributed by atoms with Gasteiger partial charge in [0.2, 0.25) is 11.8 Å². The van der Waals surface area contributed by atoms with Crippen molar-refractivity contribution in [3.63, 3.8) is 0 Å². The van der Waals surface area contributed by atoms with Gasteiger partial charge in [0.1, 0.15) is 0 Å². The lowest BCUT2D eigenvalue weighted by atomic mass is 10.3. The average Bonchev–Trinajstić information content (AvgIpc) is 2.42. The fraction of sp³-hybridized carbons (Fsp3) is 0.462. The quantitative estimate of drug-likeness (QED) is 0.764. The number of hydrogen-bond donors (Lipinski definition) is 1. The van der Waals surface area contributed by atoms with E-state index in [0.29, 0.717) is 19.7 Å². The monoisotopic (exact) mass is 265 g/mol. The lowest BCUT2D eigenvalue weighted by Gasteiger charge is -2.19. The molecule has 1 rings (SSSR count). The first-order chi connectivity index (χ1) is 9.13. The first-order valence-electron chi connectivity index (χ1n) is 6.04. The Bertz CT molecular complexity index is 409. The highest BCUT2D eigenvalue weighted by molar-refractivity contribution is 5.83. The molecule has 1 heterocycles. The zero-order valence-electron chi connectivity index (χ0n) is 11.3. The summed E-state index contributed by atoms with van der Waals surface area (Å²) in [6.07, 6.45) is 1.67. The van der Waals surface area contributed by atoms with Gasteiger partial charge in [-0.2, -0.15) is 0 Å². The molecule has 2 amide bonds. The third-order valence-corrected chi connectivity index (χ3v) is 2.54. The van der Waals surface area contributed by atoms with Crippen LogP contribution in [0.5, 0.6) is 0 Å². The molecule has 0 saturated carbocycles. The molecular formula is C13H19N3O3. The number of carbonyl (C=O) groups excluding carboxylic acids is 2. The first kappa shape index (κ1) is 15.1. The van der Waals surface area contributed by atoms with Gasteiger partial charge in [0.25, 0.3) is 0 Å². The minimum Gasteiger partial charge on any atom is -0.383 e. The third-order valence-electron chi connectivity index (χ3n) is 2.54. The first-order valence-corrected chi connectivity index (χ1v) is 6.04. The molecular weight excluding hydrogens is 246 g/mol. The molecule has 1 aromatic rings. The van der Waals surface area contributed by atoms with Crippen LogP contribution in [0.4, 0.5) is 0 Å². The minimum atomic E-state index is -0.211. The number of amides is 2. The number of rotatable bonds is 7. The van der Waals surface area contributed by atoms with E-state index in [0.717, 1.165) is 5.69 Å². The van der Waals surface area contributed by atoms with Crippen LogP contribution in [-0.2, 0) is 20.9 Å². The van der Waals surface area contributed by atoms with Crippen LogP contribution in [0, 0.1) is 0 Å². The van der Waals surface area contributed by atoms with E-state index in [2.05, 4.69) is 10.3 Å². The zero-order chi connectivity index (χ0) is 14.1. The SMILES string of the molecule is COCCN(CC(=O)NCc1ccccn1)C(C)=O. The number of aromatic nitrogens is 1. The lowest BCUT2D eigenvalue weighted by molar-refractivity contribution is -0.135. The Morgan fingerprint density at radius 3 is 2.79 bits per heavy atom. The van der Waals surface area contributed by atoms with Gasteiger partial charge in [-0.25, -0.2) is 0 Å². The molecule has 1 N–H and O–H groups in total. The summed E-state index contributed by atoms with van der Waals surface area (Å²) < 4.78 is 4.90. The van der Waals surface area contributed by atoms with Crippen LogP contribution in [0.1, 0.15) is 12.6 Å². The van der Waals surface area contributed by atoms with Gasteiger partial charge in [0.15, 0.2) is 0 Å². The van der Waals surface area contributed by atoms with Crippen molar-refractivity contribution in [1.82, 2.24) is 15.2 Å². The average molecular weight is 265 g/mol. The van der Waals surface area contributed by atoms with Gasteiger partial charge in [-0.15, -0.1) is 0 Å². The number of hydrogen-bond acceptors (Lipinski definition) is 4. The Hall–Kier alpha value is -1.95. The van der Waals surface area contributed by atoms with Crippen LogP contribution < -0.4 is 5.32 Å². The van der Waals surface area contributed by atoms with Crippen molar-refractivity contribution in [2.75, 3.05) is 26.8 Å². The second kappa shape index (κ2) is 8.20. The molecule has 6 heteroatoms. The molecule has 6 nitrogen and oxygen atoms in total. The van der Waals surface area contributed by atoms with Gasteiger partial charge in [-0.05, 0) is 12.1 Å². The standard InChI is InChI=1S/C13H19N3O3/c1-11(17)16(7-8-19-2)10-13(18)15-9-12-5-3-4-6-14-12/h3-6H,7-10H2,1-2H3,(H,15,18). The highest BCUT2D eigenvalue weighted by atomic mass is 16.5. The van der Waals surface area contributed by atoms with Crippen LogP contribution in [0.3, 0.4) is 0 Å². The summed E-state index contributed by atoms with van der Waals surface area (Å²) in [4.78, 5) is 28.6. The summed E-state index contributed by atoms with van der Waals surface area (Å²) in [5.41, 5.74) is 0.780. The van der Waals surface area contributed by atoms with E-state index >= 15 is 0 Å². The van der Waals surface area contributed by atoms with Crippen molar-refractivity contribution in [1.29, 1.82) is 0 Å². The van der Waals surface area contributed by atoms with Crippen LogP contribution in [-0.4, -0.2) is 48.5 Å². The number of nitrogens with one attached hydrogen (secondary N) is 1. The van der Waals surface area contributed by atoms with E-state index < -0.39 is 0 Å². The molecule has 0 saturated heterocycles. The van der Waals surface area contributed by atoms with E-state index in [-0.39, 0.29) is 18.4 Å². The van der Waals surface area contributed by atoms with E-state index in [9.17, 15) is 9.59 Å². The van der Waals surface area contributed by atoms with Crippen molar-refractivity contribution in [3.05, 3.63) is 30.1 Å². The van der Waals surface area contributed by atoms with E-state index in [1.54, 1.807) is 13.3 Å². The van der Waals surface area contributed by atoms with E-state index in [4.69, 9.17) is 4.74 Å². The Labute approximate surface area is 112 Å². The fourth-order valence-electron chi connectivity index (χ4n) is 1.47. The second-order valence-corrected chi connectivity index (χ2v) is 4.03. The Morgan fingerprint density at radius 1 is 1.42 bits per heavy atom. The largest absolute Gasteiger partial charge is 0.383 e. The number of carbonyl (C=O) groups is 2. The van der Waals surface area contributed by atoms with E-state index in [1.807, 2.05) is 18.2 Å². The summed E-state index contributed by atoms with van der Waals surface area (Å²) in [6, 6.07) is 5.50. The summed E-state index contributed by atoms with van der Waals surface area (Å²) >= 11 is 0. The highest BCUT2D eigenvalue weighted by Gasteiger charge is 2.12. The molecule has 0 unspecified atom stereocenters. The molecule has 0 aliphatic rings. The lowest BCUT2D eigenvalue weighted by Crippen LogP contribution is -2.41. The normalized spacial score (nSPS) is 10.0. The second-order valence-electron chi connectivity index (χ2n) is 4.03. The molecule has 0 fully saturated rings. The van der Waals surface area contributed by atoms with Crippen molar-refractivity contribution >= 4 is 11.8 Å². The van der Waals surface area contributed by atoms with Crippen LogP contribution in [0.2, 0.25) is 0 Å². The molecule has 104 valence electrons. The summed E-state index contributed by atoms with van der Waals surface area (Å²) in [7, 11) is 1.56. The molecule has 0 radical (unpaired) electrons. The summed E-state index contributed by atoms with van der Waals surface area (Å²) in [5.74, 6) is -0.359. The predicted octanol–water partition coefficient (Wildman–Crippen LogP) is 0.193. The minimum absolute atomic E-state index is 0.0333. The topological polar surface area (TPSA) is 71.5 Å². The van der Waals surface area contributed by atoms with Gasteiger partial charge in [0, 0.05) is 26.8 Å². The van der Waals surface area contributed by atoms with Gasteiger partial charge in [-0.3, -0.25) is 14.6 Å². The molecule has 0 aliphatic heterocycles. The number of pyridine rings is 1. The zero-order valence-corrected chi connectivity index (χ0v) is 11.3. The van der Waals surface area contributed by atoms with Crippen molar-refractivity contribution in [2.45, 2.75) is 13.5 Å². The maximum atomic E-state index is 11.7. The van der Waals surface area contributed by atoms with E-state index in [1.165, 1.54) is 11.8 Å². The third kappa shape index (κ3) is 5.96. The summed E-state index contributed by atoms with van der Waals surface area (Å²) in [5, 5.41) is 2.72. The highest BCUT2D eigenvalue weighted by Crippen LogP contribution is 1.93. The molecule has 0 aromatic carbocycles. The maximum absolute atomic E-state index is 11.7. The molecule has 0 bridgehead atoms. The molecule has 19 heavy (non-hydrogen) atoms. The van der Waals surface area contributed by atoms with Crippen LogP contribution >= 0.6 is 0 Å². The maximum Gasteiger partial charge on any atom is 0.239 e. The van der Waals surface area contributed by atoms with Crippen LogP contribution in [0.25, 0.3) is 0 Å².